The third-order valence-corrected chi connectivity index (χ3v) is 4.03. The quantitative estimate of drug-likeness (QED) is 0.780. The van der Waals surface area contributed by atoms with E-state index in [0.717, 1.165) is 11.3 Å². The van der Waals surface area contributed by atoms with Gasteiger partial charge in [0.2, 0.25) is 11.8 Å². The predicted octanol–water partition coefficient (Wildman–Crippen LogP) is 3.03. The molecule has 0 saturated carbocycles. The number of carbonyl (C=O) groups excluding carboxylic acids is 2. The second-order valence-corrected chi connectivity index (χ2v) is 6.28. The molecule has 0 spiro atoms. The summed E-state index contributed by atoms with van der Waals surface area (Å²) in [5.74, 6) is 0.318. The van der Waals surface area contributed by atoms with Crippen molar-refractivity contribution in [3.05, 3.63) is 53.1 Å². The monoisotopic (exact) mass is 375 g/mol. The average molecular weight is 376 g/mol. The van der Waals surface area contributed by atoms with Gasteiger partial charge in [-0.1, -0.05) is 29.8 Å². The number of ether oxygens (including phenoxy) is 1. The summed E-state index contributed by atoms with van der Waals surface area (Å²) in [4.78, 5) is 25.6. The van der Waals surface area contributed by atoms with E-state index >= 15 is 0 Å². The Kier molecular flexibility index (Phi) is 6.86. The van der Waals surface area contributed by atoms with Gasteiger partial charge in [-0.3, -0.25) is 9.59 Å². The van der Waals surface area contributed by atoms with Gasteiger partial charge in [-0.15, -0.1) is 0 Å². The van der Waals surface area contributed by atoms with Crippen molar-refractivity contribution >= 4 is 34.8 Å². The number of hydrogen-bond acceptors (Lipinski definition) is 4. The molecule has 0 aromatic heterocycles. The van der Waals surface area contributed by atoms with Gasteiger partial charge in [0.1, 0.15) is 5.75 Å². The molecule has 0 atom stereocenters. The lowest BCUT2D eigenvalue weighted by Gasteiger charge is -2.14. The van der Waals surface area contributed by atoms with E-state index in [1.807, 2.05) is 24.3 Å². The van der Waals surface area contributed by atoms with Crippen LogP contribution in [0.2, 0.25) is 5.02 Å². The number of methoxy groups -OCH3 is 1. The van der Waals surface area contributed by atoms with E-state index in [4.69, 9.17) is 16.3 Å². The fourth-order valence-electron chi connectivity index (χ4n) is 2.29. The molecule has 26 heavy (non-hydrogen) atoms. The maximum absolute atomic E-state index is 12.2. The van der Waals surface area contributed by atoms with Crippen LogP contribution < -0.4 is 15.4 Å². The number of anilines is 2. The Hall–Kier alpha value is -2.73. The third kappa shape index (κ3) is 5.39. The molecular weight excluding hydrogens is 354 g/mol. The molecule has 138 valence electrons. The molecule has 2 N–H and O–H groups in total. The minimum atomic E-state index is -0.222. The minimum Gasteiger partial charge on any atom is -0.495 e. The number of halogens is 1. The number of hydrogen-bond donors (Lipinski definition) is 2. The van der Waals surface area contributed by atoms with Gasteiger partial charge in [0.15, 0.2) is 0 Å². The van der Waals surface area contributed by atoms with E-state index in [1.54, 1.807) is 32.3 Å². The van der Waals surface area contributed by atoms with Crippen molar-refractivity contribution in [3.63, 3.8) is 0 Å². The molecule has 0 radical (unpaired) electrons. The van der Waals surface area contributed by atoms with Crippen LogP contribution in [0.4, 0.5) is 11.4 Å². The maximum Gasteiger partial charge on any atom is 0.243 e. The van der Waals surface area contributed by atoms with Crippen LogP contribution in [-0.2, 0) is 16.0 Å². The van der Waals surface area contributed by atoms with E-state index in [9.17, 15) is 9.59 Å². The Morgan fingerprint density at radius 3 is 2.54 bits per heavy atom. The molecule has 0 aliphatic rings. The second-order valence-electron chi connectivity index (χ2n) is 5.87. The van der Waals surface area contributed by atoms with Crippen molar-refractivity contribution in [1.82, 2.24) is 4.90 Å². The van der Waals surface area contributed by atoms with E-state index in [0.29, 0.717) is 16.5 Å². The molecule has 0 heterocycles. The summed E-state index contributed by atoms with van der Waals surface area (Å²) in [7, 11) is 4.96. The average Bonchev–Trinajstić information content (AvgIpc) is 2.61. The smallest absolute Gasteiger partial charge is 0.243 e. The summed E-state index contributed by atoms with van der Waals surface area (Å²) in [6.07, 6.45) is 0.270. The standard InChI is InChI=1S/C19H22ClN3O3/c1-23(2)19(25)10-13-6-4-5-7-16(13)21-12-18(24)22-14-8-9-17(26-3)15(20)11-14/h4-9,11,21H,10,12H2,1-3H3,(H,22,24). The number of para-hydroxylation sites is 1. The van der Waals surface area contributed by atoms with E-state index in [1.165, 1.54) is 12.0 Å². The molecule has 0 unspecified atom stereocenters. The van der Waals surface area contributed by atoms with Crippen molar-refractivity contribution in [1.29, 1.82) is 0 Å². The molecule has 2 aromatic carbocycles. The summed E-state index contributed by atoms with van der Waals surface area (Å²) in [6.45, 7) is 0.0663. The number of carbonyl (C=O) groups is 2. The zero-order valence-electron chi connectivity index (χ0n) is 15.0. The van der Waals surface area contributed by atoms with Gasteiger partial charge in [-0.25, -0.2) is 0 Å². The molecule has 0 aliphatic carbocycles. The lowest BCUT2D eigenvalue weighted by molar-refractivity contribution is -0.127. The highest BCUT2D eigenvalue weighted by atomic mass is 35.5. The van der Waals surface area contributed by atoms with E-state index in [-0.39, 0.29) is 24.8 Å². The zero-order chi connectivity index (χ0) is 19.1. The van der Waals surface area contributed by atoms with Crippen LogP contribution in [0.1, 0.15) is 5.56 Å². The van der Waals surface area contributed by atoms with Crippen molar-refractivity contribution in [3.8, 4) is 5.75 Å². The molecular formula is C19H22ClN3O3. The first-order chi connectivity index (χ1) is 12.4. The van der Waals surface area contributed by atoms with Gasteiger partial charge >= 0.3 is 0 Å². The highest BCUT2D eigenvalue weighted by Crippen LogP contribution is 2.27. The van der Waals surface area contributed by atoms with Crippen molar-refractivity contribution in [2.24, 2.45) is 0 Å². The topological polar surface area (TPSA) is 70.7 Å². The van der Waals surface area contributed by atoms with Crippen molar-refractivity contribution in [2.75, 3.05) is 38.4 Å². The Morgan fingerprint density at radius 1 is 1.15 bits per heavy atom. The number of rotatable bonds is 7. The summed E-state index contributed by atoms with van der Waals surface area (Å²) in [5, 5.41) is 6.26. The molecule has 0 bridgehead atoms. The fraction of sp³-hybridized carbons (Fsp3) is 0.263. The lowest BCUT2D eigenvalue weighted by atomic mass is 10.1. The van der Waals surface area contributed by atoms with Crippen LogP contribution in [0.3, 0.4) is 0 Å². The molecule has 7 heteroatoms. The van der Waals surface area contributed by atoms with Crippen LogP contribution >= 0.6 is 11.6 Å². The van der Waals surface area contributed by atoms with Crippen LogP contribution in [-0.4, -0.2) is 44.5 Å². The Morgan fingerprint density at radius 2 is 1.88 bits per heavy atom. The number of benzene rings is 2. The largest absolute Gasteiger partial charge is 0.495 e. The predicted molar refractivity (Wildman–Crippen MR) is 104 cm³/mol. The SMILES string of the molecule is COc1ccc(NC(=O)CNc2ccccc2CC(=O)N(C)C)cc1Cl. The second kappa shape index (κ2) is 9.10. The van der Waals surface area contributed by atoms with Crippen LogP contribution in [0.25, 0.3) is 0 Å². The molecule has 0 fully saturated rings. The van der Waals surface area contributed by atoms with Gasteiger partial charge in [0.05, 0.1) is 25.1 Å². The van der Waals surface area contributed by atoms with Crippen LogP contribution in [0.15, 0.2) is 42.5 Å². The molecule has 2 aromatic rings. The number of amides is 2. The summed E-state index contributed by atoms with van der Waals surface area (Å²) in [6, 6.07) is 12.5. The number of nitrogens with zero attached hydrogens (tertiary/aromatic N) is 1. The van der Waals surface area contributed by atoms with Gasteiger partial charge in [0.25, 0.3) is 0 Å². The summed E-state index contributed by atoms with van der Waals surface area (Å²) >= 11 is 6.05. The van der Waals surface area contributed by atoms with Gasteiger partial charge in [-0.2, -0.15) is 0 Å². The van der Waals surface area contributed by atoms with E-state index in [2.05, 4.69) is 10.6 Å². The van der Waals surface area contributed by atoms with Crippen molar-refractivity contribution < 1.29 is 14.3 Å². The minimum absolute atomic E-state index is 0.00317. The highest BCUT2D eigenvalue weighted by Gasteiger charge is 2.11. The number of likely N-dealkylation sites (N-methyl/N-ethyl adjacent to an activating group) is 1. The normalized spacial score (nSPS) is 10.2. The van der Waals surface area contributed by atoms with E-state index < -0.39 is 0 Å². The van der Waals surface area contributed by atoms with Gasteiger partial charge in [-0.05, 0) is 29.8 Å². The van der Waals surface area contributed by atoms with Gasteiger partial charge in [0, 0.05) is 25.5 Å². The van der Waals surface area contributed by atoms with Crippen LogP contribution in [0, 0.1) is 0 Å². The first-order valence-electron chi connectivity index (χ1n) is 8.06. The Balaban J connectivity index is 1.97. The lowest BCUT2D eigenvalue weighted by Crippen LogP contribution is -2.25. The van der Waals surface area contributed by atoms with Gasteiger partial charge < -0.3 is 20.3 Å². The first-order valence-corrected chi connectivity index (χ1v) is 8.44. The zero-order valence-corrected chi connectivity index (χ0v) is 15.8. The van der Waals surface area contributed by atoms with Crippen molar-refractivity contribution in [2.45, 2.75) is 6.42 Å². The highest BCUT2D eigenvalue weighted by molar-refractivity contribution is 6.32. The molecule has 0 aliphatic heterocycles. The summed E-state index contributed by atoms with van der Waals surface area (Å²) in [5.41, 5.74) is 2.18. The Bertz CT molecular complexity index is 793. The third-order valence-electron chi connectivity index (χ3n) is 3.73. The Labute approximate surface area is 158 Å². The molecule has 6 nitrogen and oxygen atoms in total. The first kappa shape index (κ1) is 19.6. The maximum atomic E-state index is 12.2. The fourth-order valence-corrected chi connectivity index (χ4v) is 2.55. The van der Waals surface area contributed by atoms with Crippen LogP contribution in [0.5, 0.6) is 5.75 Å². The molecule has 2 amide bonds. The molecule has 2 rings (SSSR count). The summed E-state index contributed by atoms with van der Waals surface area (Å²) < 4.78 is 5.08. The number of nitrogens with one attached hydrogen (secondary N) is 2. The molecule has 0 saturated heterocycles.